The molecule has 0 bridgehead atoms. The van der Waals surface area contributed by atoms with Crippen molar-refractivity contribution in [3.05, 3.63) is 64.8 Å². The predicted molar refractivity (Wildman–Crippen MR) is 81.4 cm³/mol. The van der Waals surface area contributed by atoms with E-state index in [9.17, 15) is 9.90 Å². The molecule has 1 atom stereocenters. The molecule has 4 rings (SSSR count). The number of amides is 1. The number of carbonyl (C=O) groups is 1. The van der Waals surface area contributed by atoms with Crippen molar-refractivity contribution in [3.8, 4) is 0 Å². The van der Waals surface area contributed by atoms with Gasteiger partial charge >= 0.3 is 0 Å². The lowest BCUT2D eigenvalue weighted by molar-refractivity contribution is -0.129. The van der Waals surface area contributed by atoms with Crippen molar-refractivity contribution in [1.82, 2.24) is 4.98 Å². The van der Waals surface area contributed by atoms with E-state index in [1.165, 1.54) is 0 Å². The Hall–Kier alpha value is -2.30. The molecule has 104 valence electrons. The zero-order valence-electron chi connectivity index (χ0n) is 10.9. The largest absolute Gasteiger partial charge is 0.372 e. The smallest absolute Gasteiger partial charge is 0.265 e. The Morgan fingerprint density at radius 3 is 2.71 bits per heavy atom. The molecule has 5 heteroatoms. The van der Waals surface area contributed by atoms with Crippen LogP contribution in [0.5, 0.6) is 0 Å². The number of carbonyl (C=O) groups excluding carboxylic acids is 1. The van der Waals surface area contributed by atoms with Gasteiger partial charge in [-0.25, -0.2) is 0 Å². The molecular weight excluding hydrogens is 288 g/mol. The van der Waals surface area contributed by atoms with E-state index in [2.05, 4.69) is 10.3 Å². The molecule has 21 heavy (non-hydrogen) atoms. The maximum Gasteiger partial charge on any atom is 0.265 e. The number of aliphatic hydroxyl groups is 1. The first-order chi connectivity index (χ1) is 10.1. The number of aromatic amines is 1. The summed E-state index contributed by atoms with van der Waals surface area (Å²) in [5.41, 5.74) is 0.599. The summed E-state index contributed by atoms with van der Waals surface area (Å²) in [4.78, 5) is 15.5. The molecule has 1 unspecified atom stereocenters. The summed E-state index contributed by atoms with van der Waals surface area (Å²) in [5, 5.41) is 15.0. The maximum absolute atomic E-state index is 12.4. The molecule has 1 aliphatic heterocycles. The molecule has 0 aliphatic carbocycles. The third-order valence-electron chi connectivity index (χ3n) is 3.95. The fourth-order valence-electron chi connectivity index (χ4n) is 2.92. The van der Waals surface area contributed by atoms with Crippen LogP contribution in [0.2, 0.25) is 5.02 Å². The van der Waals surface area contributed by atoms with Gasteiger partial charge in [-0.15, -0.1) is 0 Å². The highest BCUT2D eigenvalue weighted by Crippen LogP contribution is 2.45. The minimum absolute atomic E-state index is 0.414. The molecule has 4 nitrogen and oxygen atoms in total. The third-order valence-corrected chi connectivity index (χ3v) is 4.26. The Morgan fingerprint density at radius 1 is 1.05 bits per heavy atom. The van der Waals surface area contributed by atoms with Gasteiger partial charge in [0.2, 0.25) is 0 Å². The molecule has 3 N–H and O–H groups in total. The van der Waals surface area contributed by atoms with Crippen LogP contribution < -0.4 is 5.32 Å². The van der Waals surface area contributed by atoms with Gasteiger partial charge in [-0.05, 0) is 12.1 Å². The highest BCUT2D eigenvalue weighted by Gasteiger charge is 2.48. The van der Waals surface area contributed by atoms with Crippen LogP contribution in [-0.2, 0) is 10.4 Å². The normalized spacial score (nSPS) is 20.6. The number of hydrogen-bond donors (Lipinski definition) is 3. The number of nitrogens with one attached hydrogen (secondary N) is 2. The average Bonchev–Trinajstić information content (AvgIpc) is 3.02. The summed E-state index contributed by atoms with van der Waals surface area (Å²) < 4.78 is 0. The van der Waals surface area contributed by atoms with Crippen LogP contribution in [-0.4, -0.2) is 16.0 Å². The predicted octanol–water partition coefficient (Wildman–Crippen LogP) is 3.01. The minimum atomic E-state index is -1.74. The van der Waals surface area contributed by atoms with Crippen molar-refractivity contribution in [2.75, 3.05) is 5.32 Å². The molecule has 3 aromatic rings. The SMILES string of the molecule is O=C1Nc2c(Cl)cccc2C1(O)c1c[nH]c2ccccc12. The van der Waals surface area contributed by atoms with Gasteiger partial charge in [0.15, 0.2) is 5.60 Å². The van der Waals surface area contributed by atoms with Crippen LogP contribution in [0.1, 0.15) is 11.1 Å². The lowest BCUT2D eigenvalue weighted by Crippen LogP contribution is -2.35. The molecule has 2 aromatic carbocycles. The summed E-state index contributed by atoms with van der Waals surface area (Å²) in [7, 11) is 0. The highest BCUT2D eigenvalue weighted by molar-refractivity contribution is 6.35. The zero-order valence-corrected chi connectivity index (χ0v) is 11.6. The molecule has 0 saturated carbocycles. The van der Waals surface area contributed by atoms with Gasteiger partial charge in [0.1, 0.15) is 0 Å². The second-order valence-electron chi connectivity index (χ2n) is 5.07. The van der Waals surface area contributed by atoms with Crippen LogP contribution in [0.15, 0.2) is 48.7 Å². The van der Waals surface area contributed by atoms with Crippen LogP contribution in [0.3, 0.4) is 0 Å². The number of H-pyrrole nitrogens is 1. The van der Waals surface area contributed by atoms with Crippen molar-refractivity contribution >= 4 is 34.1 Å². The standard InChI is InChI=1S/C16H11ClN2O2/c17-12-6-3-5-10-14(12)19-15(20)16(10,21)11-8-18-13-7-2-1-4-9(11)13/h1-8,18,21H,(H,19,20). The molecule has 1 amide bonds. The lowest BCUT2D eigenvalue weighted by Gasteiger charge is -2.20. The summed E-state index contributed by atoms with van der Waals surface area (Å²) in [6.07, 6.45) is 1.67. The molecule has 0 saturated heterocycles. The van der Waals surface area contributed by atoms with Crippen molar-refractivity contribution in [3.63, 3.8) is 0 Å². The number of para-hydroxylation sites is 2. The van der Waals surface area contributed by atoms with E-state index >= 15 is 0 Å². The number of rotatable bonds is 1. The van der Waals surface area contributed by atoms with Crippen molar-refractivity contribution < 1.29 is 9.90 Å². The van der Waals surface area contributed by atoms with Crippen LogP contribution in [0, 0.1) is 0 Å². The fourth-order valence-corrected chi connectivity index (χ4v) is 3.14. The van der Waals surface area contributed by atoms with Crippen molar-refractivity contribution in [2.45, 2.75) is 5.60 Å². The number of anilines is 1. The topological polar surface area (TPSA) is 65.1 Å². The first kappa shape index (κ1) is 12.4. The van der Waals surface area contributed by atoms with Gasteiger partial charge < -0.3 is 15.4 Å². The number of halogens is 1. The van der Waals surface area contributed by atoms with Gasteiger partial charge in [-0.1, -0.05) is 41.9 Å². The van der Waals surface area contributed by atoms with Gasteiger partial charge in [0.05, 0.1) is 10.7 Å². The Labute approximate surface area is 125 Å². The number of hydrogen-bond acceptors (Lipinski definition) is 2. The number of benzene rings is 2. The maximum atomic E-state index is 12.4. The van der Waals surface area contributed by atoms with E-state index in [-0.39, 0.29) is 0 Å². The van der Waals surface area contributed by atoms with Crippen LogP contribution >= 0.6 is 11.6 Å². The summed E-state index contributed by atoms with van der Waals surface area (Å²) in [6, 6.07) is 12.6. The first-order valence-electron chi connectivity index (χ1n) is 6.52. The Kier molecular flexibility index (Phi) is 2.43. The second kappa shape index (κ2) is 4.10. The molecule has 2 heterocycles. The summed E-state index contributed by atoms with van der Waals surface area (Å²) >= 11 is 6.11. The monoisotopic (exact) mass is 298 g/mol. The summed E-state index contributed by atoms with van der Waals surface area (Å²) in [6.45, 7) is 0. The van der Waals surface area contributed by atoms with E-state index in [4.69, 9.17) is 11.6 Å². The molecule has 1 aromatic heterocycles. The lowest BCUT2D eigenvalue weighted by atomic mass is 9.87. The Balaban J connectivity index is 2.04. The quantitative estimate of drug-likeness (QED) is 0.646. The van der Waals surface area contributed by atoms with E-state index in [0.29, 0.717) is 21.8 Å². The van der Waals surface area contributed by atoms with Crippen LogP contribution in [0.4, 0.5) is 5.69 Å². The Bertz CT molecular complexity index is 887. The van der Waals surface area contributed by atoms with Crippen molar-refractivity contribution in [1.29, 1.82) is 0 Å². The molecule has 1 aliphatic rings. The number of aromatic nitrogens is 1. The highest BCUT2D eigenvalue weighted by atomic mass is 35.5. The molecule has 0 fully saturated rings. The minimum Gasteiger partial charge on any atom is -0.372 e. The van der Waals surface area contributed by atoms with E-state index in [1.807, 2.05) is 24.3 Å². The van der Waals surface area contributed by atoms with Gasteiger partial charge in [0, 0.05) is 28.2 Å². The van der Waals surface area contributed by atoms with E-state index in [1.54, 1.807) is 24.4 Å². The summed E-state index contributed by atoms with van der Waals surface area (Å²) in [5.74, 6) is -0.490. The van der Waals surface area contributed by atoms with Gasteiger partial charge in [0.25, 0.3) is 5.91 Å². The molecule has 0 spiro atoms. The first-order valence-corrected chi connectivity index (χ1v) is 6.89. The molecular formula is C16H11ClN2O2. The van der Waals surface area contributed by atoms with Gasteiger partial charge in [-0.2, -0.15) is 0 Å². The third kappa shape index (κ3) is 1.51. The Morgan fingerprint density at radius 2 is 1.86 bits per heavy atom. The van der Waals surface area contributed by atoms with Crippen LogP contribution in [0.25, 0.3) is 10.9 Å². The van der Waals surface area contributed by atoms with Crippen molar-refractivity contribution in [2.24, 2.45) is 0 Å². The van der Waals surface area contributed by atoms with E-state index < -0.39 is 11.5 Å². The van der Waals surface area contributed by atoms with Gasteiger partial charge in [-0.3, -0.25) is 4.79 Å². The fraction of sp³-hybridized carbons (Fsp3) is 0.0625. The number of fused-ring (bicyclic) bond motifs is 2. The van der Waals surface area contributed by atoms with E-state index in [0.717, 1.165) is 10.9 Å². The second-order valence-corrected chi connectivity index (χ2v) is 5.48. The average molecular weight is 299 g/mol. The zero-order chi connectivity index (χ0) is 14.6. The molecule has 0 radical (unpaired) electrons.